The van der Waals surface area contributed by atoms with Crippen molar-refractivity contribution in [2.24, 2.45) is 0 Å². The van der Waals surface area contributed by atoms with E-state index < -0.39 is 23.6 Å². The Hall–Kier alpha value is -1.61. The number of esters is 1. The van der Waals surface area contributed by atoms with E-state index >= 15 is 0 Å². The van der Waals surface area contributed by atoms with Gasteiger partial charge in [0.25, 0.3) is 0 Å². The van der Waals surface area contributed by atoms with E-state index in [9.17, 15) is 14.0 Å². The normalized spacial score (nSPS) is 21.4. The maximum absolute atomic E-state index is 13.4. The van der Waals surface area contributed by atoms with E-state index in [2.05, 4.69) is 4.98 Å². The summed E-state index contributed by atoms with van der Waals surface area (Å²) < 4.78 is 25.0. The number of nitrogens with zero attached hydrogens (tertiary/aromatic N) is 2. The number of ether oxygens (including phenoxy) is 2. The number of anilines is 1. The Morgan fingerprint density at radius 2 is 2.48 bits per heavy atom. The smallest absolute Gasteiger partial charge is 0.351 e. The van der Waals surface area contributed by atoms with Crippen molar-refractivity contribution in [1.29, 1.82) is 0 Å². The number of carbonyl (C=O) groups excluding carboxylic acids is 1. The van der Waals surface area contributed by atoms with Crippen LogP contribution in [0, 0.1) is 5.82 Å². The third kappa shape index (κ3) is 3.94. The molecule has 0 bridgehead atoms. The number of hydrogen-bond acceptors (Lipinski definition) is 7. The quantitative estimate of drug-likeness (QED) is 0.806. The number of hydrogen-bond donors (Lipinski definition) is 1. The zero-order chi connectivity index (χ0) is 15.4. The van der Waals surface area contributed by atoms with E-state index in [-0.39, 0.29) is 18.0 Å². The van der Waals surface area contributed by atoms with Gasteiger partial charge < -0.3 is 15.2 Å². The molecule has 7 nitrogen and oxygen atoms in total. The lowest BCUT2D eigenvalue weighted by Gasteiger charge is -2.15. The van der Waals surface area contributed by atoms with Crippen molar-refractivity contribution in [3.8, 4) is 0 Å². The fourth-order valence-electron chi connectivity index (χ4n) is 1.78. The maximum atomic E-state index is 13.4. The topological polar surface area (TPSA) is 96.4 Å². The van der Waals surface area contributed by atoms with Crippen LogP contribution in [-0.4, -0.2) is 33.3 Å². The van der Waals surface area contributed by atoms with Crippen LogP contribution in [-0.2, 0) is 14.3 Å². The lowest BCUT2D eigenvalue weighted by Crippen LogP contribution is -2.30. The van der Waals surface area contributed by atoms with Crippen molar-refractivity contribution < 1.29 is 18.7 Å². The molecule has 1 saturated heterocycles. The van der Waals surface area contributed by atoms with Crippen LogP contribution in [0.4, 0.5) is 10.2 Å². The summed E-state index contributed by atoms with van der Waals surface area (Å²) in [5.74, 6) is -1.07. The molecule has 0 aliphatic carbocycles. The molecule has 1 aliphatic heterocycles. The largest absolute Gasteiger partial charge is 0.462 e. The molecule has 2 rings (SSSR count). The van der Waals surface area contributed by atoms with E-state index in [1.165, 1.54) is 11.8 Å². The van der Waals surface area contributed by atoms with Gasteiger partial charge in [-0.2, -0.15) is 4.98 Å². The summed E-state index contributed by atoms with van der Waals surface area (Å²) in [5.41, 5.74) is 4.16. The molecule has 1 fully saturated rings. The Balaban J connectivity index is 1.95. The van der Waals surface area contributed by atoms with Gasteiger partial charge >= 0.3 is 11.7 Å². The Morgan fingerprint density at radius 1 is 1.71 bits per heavy atom. The van der Waals surface area contributed by atoms with Crippen LogP contribution in [0.5, 0.6) is 0 Å². The number of thioether (sulfide) groups is 1. The van der Waals surface area contributed by atoms with E-state index in [1.54, 1.807) is 0 Å². The highest BCUT2D eigenvalue weighted by molar-refractivity contribution is 8.00. The standard InChI is InChI=1S/C12H16FN3O4S/c1-2-3-9(17)19-5-10-20-8(6-21-10)16-4-7(13)11(14)15-12(16)18/h4,8,10H,2-3,5-6H2,1H3,(H2,14,15,18)/t8?,10-/m1/s1. The second kappa shape index (κ2) is 6.90. The number of nitrogens with two attached hydrogens (primary N) is 1. The van der Waals surface area contributed by atoms with Crippen LogP contribution in [0.25, 0.3) is 0 Å². The Morgan fingerprint density at radius 3 is 3.19 bits per heavy atom. The van der Waals surface area contributed by atoms with Gasteiger partial charge in [-0.05, 0) is 6.42 Å². The van der Waals surface area contributed by atoms with E-state index in [4.69, 9.17) is 15.2 Å². The fraction of sp³-hybridized carbons (Fsp3) is 0.583. The van der Waals surface area contributed by atoms with Crippen LogP contribution in [0.2, 0.25) is 0 Å². The second-order valence-corrected chi connectivity index (χ2v) is 5.64. The van der Waals surface area contributed by atoms with Crippen molar-refractivity contribution >= 4 is 23.5 Å². The number of halogens is 1. The third-order valence-corrected chi connectivity index (χ3v) is 3.91. The maximum Gasteiger partial charge on any atom is 0.351 e. The van der Waals surface area contributed by atoms with Gasteiger partial charge in [0, 0.05) is 12.2 Å². The SMILES string of the molecule is CCCC(=O)OC[C@@H]1OC(n2cc(F)c(N)nc2=O)CS1. The minimum absolute atomic E-state index is 0.0969. The van der Waals surface area contributed by atoms with Crippen molar-refractivity contribution in [3.05, 3.63) is 22.5 Å². The molecule has 9 heteroatoms. The molecule has 21 heavy (non-hydrogen) atoms. The summed E-state index contributed by atoms with van der Waals surface area (Å²) in [6.07, 6.45) is 1.39. The molecule has 1 aromatic heterocycles. The predicted molar refractivity (Wildman–Crippen MR) is 75.1 cm³/mol. The van der Waals surface area contributed by atoms with E-state index in [0.29, 0.717) is 18.6 Å². The average molecular weight is 317 g/mol. The van der Waals surface area contributed by atoms with Gasteiger partial charge in [-0.15, -0.1) is 11.8 Å². The minimum atomic E-state index is -0.777. The molecule has 1 aromatic rings. The highest BCUT2D eigenvalue weighted by atomic mass is 32.2. The molecule has 0 spiro atoms. The number of rotatable bonds is 5. The summed E-state index contributed by atoms with van der Waals surface area (Å²) >= 11 is 1.38. The van der Waals surface area contributed by atoms with E-state index in [1.807, 2.05) is 6.92 Å². The van der Waals surface area contributed by atoms with Crippen LogP contribution < -0.4 is 11.4 Å². The Bertz CT molecular complexity index is 580. The van der Waals surface area contributed by atoms with Crippen molar-refractivity contribution in [2.75, 3.05) is 18.1 Å². The first-order valence-corrected chi connectivity index (χ1v) is 7.53. The molecule has 0 aromatic carbocycles. The first-order valence-electron chi connectivity index (χ1n) is 6.48. The van der Waals surface area contributed by atoms with Crippen molar-refractivity contribution in [3.63, 3.8) is 0 Å². The zero-order valence-corrected chi connectivity index (χ0v) is 12.3. The lowest BCUT2D eigenvalue weighted by molar-refractivity contribution is -0.146. The molecule has 1 unspecified atom stereocenters. The van der Waals surface area contributed by atoms with Gasteiger partial charge in [-0.25, -0.2) is 9.18 Å². The van der Waals surface area contributed by atoms with Crippen molar-refractivity contribution in [1.82, 2.24) is 9.55 Å². The number of aromatic nitrogens is 2. The summed E-state index contributed by atoms with van der Waals surface area (Å²) in [6, 6.07) is 0. The van der Waals surface area contributed by atoms with Gasteiger partial charge in [0.05, 0.1) is 6.20 Å². The van der Waals surface area contributed by atoms with Gasteiger partial charge in [-0.1, -0.05) is 6.92 Å². The molecule has 2 N–H and O–H groups in total. The van der Waals surface area contributed by atoms with Gasteiger partial charge in [0.15, 0.2) is 11.6 Å². The fourth-order valence-corrected chi connectivity index (χ4v) is 2.77. The van der Waals surface area contributed by atoms with E-state index in [0.717, 1.165) is 10.8 Å². The van der Waals surface area contributed by atoms with Crippen LogP contribution in [0.1, 0.15) is 26.0 Å². The van der Waals surface area contributed by atoms with Gasteiger partial charge in [0.2, 0.25) is 0 Å². The molecule has 1 aliphatic rings. The summed E-state index contributed by atoms with van der Waals surface area (Å²) in [6.45, 7) is 1.98. The van der Waals surface area contributed by atoms with Crippen molar-refractivity contribution in [2.45, 2.75) is 31.4 Å². The molecular weight excluding hydrogens is 301 g/mol. The van der Waals surface area contributed by atoms with Crippen LogP contribution >= 0.6 is 11.8 Å². The monoisotopic (exact) mass is 317 g/mol. The summed E-state index contributed by atoms with van der Waals surface area (Å²) in [4.78, 5) is 26.3. The summed E-state index contributed by atoms with van der Waals surface area (Å²) in [7, 11) is 0. The average Bonchev–Trinajstić information content (AvgIpc) is 2.89. The zero-order valence-electron chi connectivity index (χ0n) is 11.5. The van der Waals surface area contributed by atoms with Gasteiger partial charge in [0.1, 0.15) is 18.3 Å². The molecular formula is C12H16FN3O4S. The molecule has 2 atom stereocenters. The molecule has 2 heterocycles. The van der Waals surface area contributed by atoms with Crippen LogP contribution in [0.3, 0.4) is 0 Å². The highest BCUT2D eigenvalue weighted by Crippen LogP contribution is 2.31. The third-order valence-electron chi connectivity index (χ3n) is 2.81. The Labute approximate surface area is 124 Å². The van der Waals surface area contributed by atoms with Crippen LogP contribution in [0.15, 0.2) is 11.0 Å². The minimum Gasteiger partial charge on any atom is -0.462 e. The first-order chi connectivity index (χ1) is 10.0. The Kier molecular flexibility index (Phi) is 5.18. The molecule has 0 saturated carbocycles. The number of carbonyl (C=O) groups is 1. The number of nitrogen functional groups attached to an aromatic ring is 1. The molecule has 0 radical (unpaired) electrons. The van der Waals surface area contributed by atoms with Gasteiger partial charge in [-0.3, -0.25) is 9.36 Å². The second-order valence-electron chi connectivity index (χ2n) is 4.45. The lowest BCUT2D eigenvalue weighted by atomic mass is 10.3. The summed E-state index contributed by atoms with van der Waals surface area (Å²) in [5, 5.41) is 0. The predicted octanol–water partition coefficient (Wildman–Crippen LogP) is 0.896. The highest BCUT2D eigenvalue weighted by Gasteiger charge is 2.29. The first kappa shape index (κ1) is 15.8. The molecule has 0 amide bonds. The molecule has 116 valence electrons.